The lowest BCUT2D eigenvalue weighted by Gasteiger charge is -2.34. The molecule has 0 radical (unpaired) electrons. The molecule has 1 aliphatic heterocycles. The number of fused-ring (bicyclic) bond motifs is 2. The summed E-state index contributed by atoms with van der Waals surface area (Å²) in [5, 5.41) is 5.78. The molecule has 0 aliphatic carbocycles. The van der Waals surface area contributed by atoms with Crippen LogP contribution >= 0.6 is 11.3 Å². The molecule has 2 N–H and O–H groups in total. The second-order valence-electron chi connectivity index (χ2n) is 10.0. The third kappa shape index (κ3) is 5.39. The number of aromatic nitrogens is 1. The summed E-state index contributed by atoms with van der Waals surface area (Å²) < 4.78 is 1.18. The van der Waals surface area contributed by atoms with Gasteiger partial charge in [-0.1, -0.05) is 37.5 Å². The molecule has 5 rings (SSSR count). The summed E-state index contributed by atoms with van der Waals surface area (Å²) >= 11 is 1.61. The summed E-state index contributed by atoms with van der Waals surface area (Å²) in [6.07, 6.45) is 6.16. The maximum Gasteiger partial charge on any atom is 0.261 e. The molecular formula is C29H36N4OS. The van der Waals surface area contributed by atoms with E-state index in [9.17, 15) is 4.79 Å². The molecule has 4 aromatic rings. The molecule has 2 aromatic heterocycles. The van der Waals surface area contributed by atoms with E-state index < -0.39 is 0 Å². The fourth-order valence-corrected chi connectivity index (χ4v) is 6.05. The summed E-state index contributed by atoms with van der Waals surface area (Å²) in [7, 11) is 2.18. The van der Waals surface area contributed by atoms with Gasteiger partial charge in [-0.15, -0.1) is 11.3 Å². The Morgan fingerprint density at radius 2 is 1.94 bits per heavy atom. The van der Waals surface area contributed by atoms with Crippen molar-refractivity contribution >= 4 is 43.9 Å². The zero-order valence-corrected chi connectivity index (χ0v) is 21.9. The fourth-order valence-electron chi connectivity index (χ4n) is 5.05. The smallest absolute Gasteiger partial charge is 0.261 e. The van der Waals surface area contributed by atoms with Gasteiger partial charge in [-0.05, 0) is 68.1 Å². The van der Waals surface area contributed by atoms with Gasteiger partial charge in [0.15, 0.2) is 0 Å². The minimum Gasteiger partial charge on any atom is -0.369 e. The predicted octanol–water partition coefficient (Wildman–Crippen LogP) is 5.97. The Morgan fingerprint density at radius 1 is 1.11 bits per heavy atom. The van der Waals surface area contributed by atoms with Gasteiger partial charge in [0.2, 0.25) is 0 Å². The number of benzene rings is 2. The number of H-pyrrole nitrogens is 1. The van der Waals surface area contributed by atoms with Crippen molar-refractivity contribution in [1.82, 2.24) is 15.2 Å². The molecule has 1 atom stereocenters. The molecule has 1 fully saturated rings. The minimum atomic E-state index is 0.0458. The van der Waals surface area contributed by atoms with Gasteiger partial charge in [-0.3, -0.25) is 4.79 Å². The van der Waals surface area contributed by atoms with Crippen LogP contribution < -0.4 is 10.2 Å². The van der Waals surface area contributed by atoms with E-state index in [0.29, 0.717) is 0 Å². The van der Waals surface area contributed by atoms with Crippen LogP contribution in [0.25, 0.3) is 21.0 Å². The number of aryl methyl sites for hydroxylation is 1. The fraction of sp³-hybridized carbons (Fsp3) is 0.414. The van der Waals surface area contributed by atoms with E-state index >= 15 is 0 Å². The highest BCUT2D eigenvalue weighted by Gasteiger charge is 2.19. The number of hydrogen-bond donors (Lipinski definition) is 2. The maximum atomic E-state index is 13.3. The number of thiophene rings is 1. The molecule has 2 aromatic carbocycles. The van der Waals surface area contributed by atoms with Gasteiger partial charge in [-0.2, -0.15) is 0 Å². The number of anilines is 1. The number of amides is 1. The number of nitrogens with one attached hydrogen (secondary N) is 2. The normalized spacial score (nSPS) is 15.7. The van der Waals surface area contributed by atoms with Gasteiger partial charge >= 0.3 is 0 Å². The van der Waals surface area contributed by atoms with Crippen LogP contribution in [0.2, 0.25) is 0 Å². The molecule has 0 bridgehead atoms. The average molecular weight is 489 g/mol. The van der Waals surface area contributed by atoms with Gasteiger partial charge < -0.3 is 20.1 Å². The first-order chi connectivity index (χ1) is 17.0. The lowest BCUT2D eigenvalue weighted by molar-refractivity contribution is 0.0938. The van der Waals surface area contributed by atoms with Crippen molar-refractivity contribution in [3.05, 3.63) is 64.7 Å². The molecule has 1 unspecified atom stereocenters. The monoisotopic (exact) mass is 488 g/mol. The largest absolute Gasteiger partial charge is 0.369 e. The molecule has 3 heterocycles. The van der Waals surface area contributed by atoms with E-state index in [0.717, 1.165) is 67.6 Å². The molecule has 1 amide bonds. The Balaban J connectivity index is 1.32. The number of rotatable bonds is 8. The predicted molar refractivity (Wildman–Crippen MR) is 149 cm³/mol. The molecule has 1 aliphatic rings. The number of carbonyl (C=O) groups excluding carboxylic acids is 1. The van der Waals surface area contributed by atoms with E-state index in [1.54, 1.807) is 11.3 Å². The second-order valence-corrected chi connectivity index (χ2v) is 11.1. The summed E-state index contributed by atoms with van der Waals surface area (Å²) in [5.41, 5.74) is 4.95. The zero-order chi connectivity index (χ0) is 24.4. The van der Waals surface area contributed by atoms with Gasteiger partial charge in [-0.25, -0.2) is 0 Å². The Kier molecular flexibility index (Phi) is 7.12. The van der Waals surface area contributed by atoms with Crippen molar-refractivity contribution in [3.63, 3.8) is 0 Å². The van der Waals surface area contributed by atoms with E-state index in [1.807, 2.05) is 0 Å². The molecule has 6 heteroatoms. The summed E-state index contributed by atoms with van der Waals surface area (Å²) in [5.74, 6) is 0.0458. The topological polar surface area (TPSA) is 51.4 Å². The Bertz CT molecular complexity index is 1310. The lowest BCUT2D eigenvalue weighted by atomic mass is 9.99. The highest BCUT2D eigenvalue weighted by molar-refractivity contribution is 7.20. The van der Waals surface area contributed by atoms with E-state index in [1.165, 1.54) is 26.9 Å². The van der Waals surface area contributed by atoms with Crippen LogP contribution in [0.1, 0.15) is 47.0 Å². The van der Waals surface area contributed by atoms with Gasteiger partial charge in [0.05, 0.1) is 4.88 Å². The van der Waals surface area contributed by atoms with Crippen LogP contribution in [-0.4, -0.2) is 55.1 Å². The van der Waals surface area contributed by atoms with Crippen LogP contribution in [0.3, 0.4) is 0 Å². The Labute approximate surface area is 212 Å². The van der Waals surface area contributed by atoms with Crippen LogP contribution in [-0.2, 0) is 6.42 Å². The van der Waals surface area contributed by atoms with Crippen molar-refractivity contribution in [3.8, 4) is 0 Å². The highest BCUT2D eigenvalue weighted by Crippen LogP contribution is 2.30. The first-order valence-electron chi connectivity index (χ1n) is 12.8. The van der Waals surface area contributed by atoms with Crippen LogP contribution in [0.5, 0.6) is 0 Å². The molecular weight excluding hydrogens is 452 g/mol. The summed E-state index contributed by atoms with van der Waals surface area (Å²) in [4.78, 5) is 22.3. The second kappa shape index (κ2) is 10.4. The van der Waals surface area contributed by atoms with E-state index in [2.05, 4.69) is 89.7 Å². The third-order valence-corrected chi connectivity index (χ3v) is 8.32. The number of aromatic amines is 1. The average Bonchev–Trinajstić information content (AvgIpc) is 3.46. The number of hydrogen-bond acceptors (Lipinski definition) is 4. The van der Waals surface area contributed by atoms with E-state index in [4.69, 9.17) is 0 Å². The first kappa shape index (κ1) is 23.9. The number of piperazine rings is 1. The Hall–Kier alpha value is -2.83. The van der Waals surface area contributed by atoms with Crippen LogP contribution in [0.15, 0.2) is 48.7 Å². The number of carbonyl (C=O) groups is 1. The highest BCUT2D eigenvalue weighted by atomic mass is 32.1. The first-order valence-corrected chi connectivity index (χ1v) is 13.7. The van der Waals surface area contributed by atoms with Gasteiger partial charge in [0.25, 0.3) is 5.91 Å². The molecule has 35 heavy (non-hydrogen) atoms. The molecule has 5 nitrogen and oxygen atoms in total. The lowest BCUT2D eigenvalue weighted by Crippen LogP contribution is -2.44. The zero-order valence-electron chi connectivity index (χ0n) is 21.1. The Morgan fingerprint density at radius 3 is 2.74 bits per heavy atom. The van der Waals surface area contributed by atoms with Crippen LogP contribution in [0.4, 0.5) is 5.69 Å². The standard InChI is InChI=1S/C29H36N4OS/c1-4-5-6-23(16-22-19-30-26-10-7-20(2)15-25(22)26)31-29(34)28-17-21-8-9-24(18-27(21)35-28)33-13-11-32(3)12-14-33/h7-10,15,17-19,23,30H,4-6,11-14,16H2,1-3H3,(H,31,34). The maximum absolute atomic E-state index is 13.3. The molecule has 0 spiro atoms. The minimum absolute atomic E-state index is 0.0458. The number of likely N-dealkylation sites (N-methyl/N-ethyl adjacent to an activating group) is 1. The van der Waals surface area contributed by atoms with E-state index in [-0.39, 0.29) is 11.9 Å². The van der Waals surface area contributed by atoms with Crippen molar-refractivity contribution in [2.75, 3.05) is 38.1 Å². The SMILES string of the molecule is CCCCC(Cc1c[nH]c2ccc(C)cc12)NC(=O)c1cc2ccc(N3CCN(C)CC3)cc2s1. The summed E-state index contributed by atoms with van der Waals surface area (Å²) in [6.45, 7) is 8.61. The number of nitrogens with zero attached hydrogens (tertiary/aromatic N) is 2. The van der Waals surface area contributed by atoms with Crippen molar-refractivity contribution in [1.29, 1.82) is 0 Å². The molecule has 184 valence electrons. The molecule has 1 saturated heterocycles. The quantitative estimate of drug-likeness (QED) is 0.321. The van der Waals surface area contributed by atoms with Gasteiger partial charge in [0, 0.05) is 59.7 Å². The third-order valence-electron chi connectivity index (χ3n) is 7.23. The summed E-state index contributed by atoms with van der Waals surface area (Å²) in [6, 6.07) is 15.3. The van der Waals surface area contributed by atoms with Crippen molar-refractivity contribution in [2.24, 2.45) is 0 Å². The molecule has 0 saturated carbocycles. The van der Waals surface area contributed by atoms with Crippen molar-refractivity contribution in [2.45, 2.75) is 45.6 Å². The van der Waals surface area contributed by atoms with Crippen LogP contribution in [0, 0.1) is 6.92 Å². The van der Waals surface area contributed by atoms with Crippen molar-refractivity contribution < 1.29 is 4.79 Å². The number of unbranched alkanes of at least 4 members (excludes halogenated alkanes) is 1. The van der Waals surface area contributed by atoms with Gasteiger partial charge in [0.1, 0.15) is 0 Å².